The topological polar surface area (TPSA) is 30.3 Å². The second-order valence-corrected chi connectivity index (χ2v) is 4.40. The lowest BCUT2D eigenvalue weighted by Gasteiger charge is -2.29. The van der Waals surface area contributed by atoms with Crippen molar-refractivity contribution in [3.63, 3.8) is 0 Å². The molecule has 1 aliphatic rings. The zero-order valence-corrected chi connectivity index (χ0v) is 9.55. The highest BCUT2D eigenvalue weighted by Gasteiger charge is 2.13. The van der Waals surface area contributed by atoms with Gasteiger partial charge in [0.15, 0.2) is 0 Å². The molecule has 0 radical (unpaired) electrons. The predicted molar refractivity (Wildman–Crippen MR) is 60.9 cm³/mol. The Bertz CT molecular complexity index is 177. The molecule has 1 rings (SSSR count). The van der Waals surface area contributed by atoms with Crippen molar-refractivity contribution in [3.05, 3.63) is 0 Å². The third-order valence-electron chi connectivity index (χ3n) is 2.76. The molecule has 82 valence electrons. The average Bonchev–Trinajstić information content (AvgIpc) is 2.15. The predicted octanol–water partition coefficient (Wildman–Crippen LogP) is 1.79. The van der Waals surface area contributed by atoms with Crippen LogP contribution in [0, 0.1) is 5.41 Å². The maximum absolute atomic E-state index is 7.78. The van der Waals surface area contributed by atoms with E-state index >= 15 is 0 Å². The Morgan fingerprint density at radius 2 is 2.07 bits per heavy atom. The molecule has 0 saturated carbocycles. The first-order chi connectivity index (χ1) is 6.70. The fourth-order valence-electron chi connectivity index (χ4n) is 1.87. The van der Waals surface area contributed by atoms with Gasteiger partial charge in [-0.05, 0) is 46.3 Å². The SMILES string of the molecule is CN(C)CCCCN1CCCCC1=N. The van der Waals surface area contributed by atoms with Crippen LogP contribution in [0.15, 0.2) is 0 Å². The first-order valence-corrected chi connectivity index (χ1v) is 5.67. The van der Waals surface area contributed by atoms with E-state index in [1.54, 1.807) is 0 Å². The highest BCUT2D eigenvalue weighted by molar-refractivity contribution is 5.79. The fraction of sp³-hybridized carbons (Fsp3) is 0.909. The molecule has 0 aromatic carbocycles. The Hall–Kier alpha value is -0.570. The number of nitrogens with one attached hydrogen (secondary N) is 1. The van der Waals surface area contributed by atoms with E-state index in [1.165, 1.54) is 32.2 Å². The van der Waals surface area contributed by atoms with Gasteiger partial charge in [-0.2, -0.15) is 0 Å². The maximum Gasteiger partial charge on any atom is 0.0957 e. The Morgan fingerprint density at radius 1 is 1.29 bits per heavy atom. The van der Waals surface area contributed by atoms with Crippen molar-refractivity contribution in [1.29, 1.82) is 5.41 Å². The zero-order valence-electron chi connectivity index (χ0n) is 9.55. The fourth-order valence-corrected chi connectivity index (χ4v) is 1.87. The molecule has 0 aliphatic carbocycles. The number of hydrogen-bond acceptors (Lipinski definition) is 2. The molecule has 0 bridgehead atoms. The van der Waals surface area contributed by atoms with Gasteiger partial charge < -0.3 is 9.80 Å². The summed E-state index contributed by atoms with van der Waals surface area (Å²) in [6.07, 6.45) is 5.95. The molecule has 0 amide bonds. The third-order valence-corrected chi connectivity index (χ3v) is 2.76. The summed E-state index contributed by atoms with van der Waals surface area (Å²) in [4.78, 5) is 4.47. The van der Waals surface area contributed by atoms with Gasteiger partial charge in [0.1, 0.15) is 0 Å². The second-order valence-electron chi connectivity index (χ2n) is 4.40. The van der Waals surface area contributed by atoms with E-state index in [1.807, 2.05) is 0 Å². The van der Waals surface area contributed by atoms with Crippen LogP contribution in [-0.4, -0.2) is 49.4 Å². The monoisotopic (exact) mass is 197 g/mol. The Morgan fingerprint density at radius 3 is 2.71 bits per heavy atom. The van der Waals surface area contributed by atoms with Crippen LogP contribution in [-0.2, 0) is 0 Å². The van der Waals surface area contributed by atoms with E-state index < -0.39 is 0 Å². The summed E-state index contributed by atoms with van der Waals surface area (Å²) < 4.78 is 0. The van der Waals surface area contributed by atoms with Gasteiger partial charge >= 0.3 is 0 Å². The summed E-state index contributed by atoms with van der Waals surface area (Å²) in [6, 6.07) is 0. The lowest BCUT2D eigenvalue weighted by atomic mass is 10.1. The first-order valence-electron chi connectivity index (χ1n) is 5.67. The van der Waals surface area contributed by atoms with Gasteiger partial charge in [0.05, 0.1) is 5.84 Å². The first kappa shape index (κ1) is 11.5. The smallest absolute Gasteiger partial charge is 0.0957 e. The number of piperidine rings is 1. The van der Waals surface area contributed by atoms with Crippen molar-refractivity contribution in [2.24, 2.45) is 0 Å². The van der Waals surface area contributed by atoms with E-state index in [-0.39, 0.29) is 0 Å². The number of rotatable bonds is 5. The van der Waals surface area contributed by atoms with Crippen LogP contribution in [0.3, 0.4) is 0 Å². The van der Waals surface area contributed by atoms with Crippen LogP contribution in [0.25, 0.3) is 0 Å². The molecule has 0 atom stereocenters. The number of amidine groups is 1. The second kappa shape index (κ2) is 6.02. The van der Waals surface area contributed by atoms with Gasteiger partial charge in [-0.3, -0.25) is 5.41 Å². The van der Waals surface area contributed by atoms with Crippen molar-refractivity contribution in [3.8, 4) is 0 Å². The molecule has 1 heterocycles. The van der Waals surface area contributed by atoms with Crippen LogP contribution >= 0.6 is 0 Å². The highest BCUT2D eigenvalue weighted by atomic mass is 15.2. The van der Waals surface area contributed by atoms with Crippen molar-refractivity contribution >= 4 is 5.84 Å². The van der Waals surface area contributed by atoms with E-state index in [9.17, 15) is 0 Å². The number of unbranched alkanes of at least 4 members (excludes halogenated alkanes) is 1. The summed E-state index contributed by atoms with van der Waals surface area (Å²) in [5, 5.41) is 7.78. The number of likely N-dealkylation sites (tertiary alicyclic amines) is 1. The lowest BCUT2D eigenvalue weighted by molar-refractivity contribution is 0.337. The van der Waals surface area contributed by atoms with Crippen molar-refractivity contribution in [2.45, 2.75) is 32.1 Å². The molecule has 3 nitrogen and oxygen atoms in total. The van der Waals surface area contributed by atoms with E-state index in [2.05, 4.69) is 23.9 Å². The van der Waals surface area contributed by atoms with Crippen LogP contribution in [0.2, 0.25) is 0 Å². The Kier molecular flexibility index (Phi) is 4.94. The molecule has 3 heteroatoms. The van der Waals surface area contributed by atoms with Crippen molar-refractivity contribution in [2.75, 3.05) is 33.7 Å². The minimum atomic E-state index is 0.862. The van der Waals surface area contributed by atoms with Gasteiger partial charge in [-0.1, -0.05) is 0 Å². The van der Waals surface area contributed by atoms with Crippen LogP contribution in [0.4, 0.5) is 0 Å². The average molecular weight is 197 g/mol. The minimum absolute atomic E-state index is 0.862. The number of hydrogen-bond donors (Lipinski definition) is 1. The maximum atomic E-state index is 7.78. The largest absolute Gasteiger partial charge is 0.361 e. The van der Waals surface area contributed by atoms with Gasteiger partial charge in [0, 0.05) is 19.5 Å². The standard InChI is InChI=1S/C11H23N3/c1-13(2)8-5-6-10-14-9-4-3-7-11(14)12/h12H,3-10H2,1-2H3. The van der Waals surface area contributed by atoms with Gasteiger partial charge in [-0.25, -0.2) is 0 Å². The summed E-state index contributed by atoms with van der Waals surface area (Å²) in [5.41, 5.74) is 0. The molecule has 0 aromatic heterocycles. The summed E-state index contributed by atoms with van der Waals surface area (Å²) in [7, 11) is 4.23. The molecule has 0 aromatic rings. The third kappa shape index (κ3) is 4.09. The molecule has 1 saturated heterocycles. The summed E-state index contributed by atoms with van der Waals surface area (Å²) >= 11 is 0. The molecule has 0 unspecified atom stereocenters. The molecule has 14 heavy (non-hydrogen) atoms. The Labute approximate surface area is 87.6 Å². The quantitative estimate of drug-likeness (QED) is 0.681. The lowest BCUT2D eigenvalue weighted by Crippen LogP contribution is -2.35. The molecule has 1 N–H and O–H groups in total. The van der Waals surface area contributed by atoms with E-state index in [0.717, 1.165) is 25.3 Å². The van der Waals surface area contributed by atoms with Crippen molar-refractivity contribution < 1.29 is 0 Å². The normalized spacial score (nSPS) is 17.9. The summed E-state index contributed by atoms with van der Waals surface area (Å²) in [6.45, 7) is 3.37. The van der Waals surface area contributed by atoms with E-state index in [0.29, 0.717) is 0 Å². The molecular formula is C11H23N3. The molecule has 0 spiro atoms. The summed E-state index contributed by atoms with van der Waals surface area (Å²) in [5.74, 6) is 0.862. The van der Waals surface area contributed by atoms with Crippen molar-refractivity contribution in [1.82, 2.24) is 9.80 Å². The van der Waals surface area contributed by atoms with Crippen LogP contribution in [0.5, 0.6) is 0 Å². The molecular weight excluding hydrogens is 174 g/mol. The van der Waals surface area contributed by atoms with Gasteiger partial charge in [-0.15, -0.1) is 0 Å². The van der Waals surface area contributed by atoms with Gasteiger partial charge in [0.2, 0.25) is 0 Å². The minimum Gasteiger partial charge on any atom is -0.361 e. The number of nitrogens with zero attached hydrogens (tertiary/aromatic N) is 2. The highest BCUT2D eigenvalue weighted by Crippen LogP contribution is 2.11. The Balaban J connectivity index is 2.07. The molecule has 1 fully saturated rings. The van der Waals surface area contributed by atoms with E-state index in [4.69, 9.17) is 5.41 Å². The van der Waals surface area contributed by atoms with Crippen LogP contribution < -0.4 is 0 Å². The molecule has 1 aliphatic heterocycles. The van der Waals surface area contributed by atoms with Gasteiger partial charge in [0.25, 0.3) is 0 Å². The zero-order chi connectivity index (χ0) is 10.4. The van der Waals surface area contributed by atoms with Crippen LogP contribution in [0.1, 0.15) is 32.1 Å².